The number of oxazole rings is 1. The fourth-order valence-corrected chi connectivity index (χ4v) is 3.04. The number of nitrogens with zero attached hydrogens (tertiary/aromatic N) is 3. The summed E-state index contributed by atoms with van der Waals surface area (Å²) < 4.78 is 12.7. The van der Waals surface area contributed by atoms with Gasteiger partial charge in [-0.1, -0.05) is 0 Å². The average Bonchev–Trinajstić information content (AvgIpc) is 3.21. The van der Waals surface area contributed by atoms with Crippen molar-refractivity contribution in [2.75, 3.05) is 13.2 Å². The van der Waals surface area contributed by atoms with E-state index in [1.807, 2.05) is 6.20 Å². The van der Waals surface area contributed by atoms with Crippen molar-refractivity contribution in [2.45, 2.75) is 39.3 Å². The lowest BCUT2D eigenvalue weighted by molar-refractivity contribution is 0.0497. The first-order chi connectivity index (χ1) is 11.2. The van der Waals surface area contributed by atoms with Gasteiger partial charge in [-0.05, 0) is 32.6 Å². The summed E-state index contributed by atoms with van der Waals surface area (Å²) in [6.07, 6.45) is 6.81. The highest BCUT2D eigenvalue weighted by Crippen LogP contribution is 2.29. The zero-order valence-corrected chi connectivity index (χ0v) is 13.5. The summed E-state index contributed by atoms with van der Waals surface area (Å²) in [5, 5.41) is 3.11. The monoisotopic (exact) mass is 318 g/mol. The minimum atomic E-state index is -0.224. The first-order valence-electron chi connectivity index (χ1n) is 8.00. The number of carbonyl (C=O) groups is 1. The summed E-state index contributed by atoms with van der Waals surface area (Å²) >= 11 is 0. The summed E-state index contributed by atoms with van der Waals surface area (Å²) in [6, 6.07) is -0.155. The van der Waals surface area contributed by atoms with Gasteiger partial charge >= 0.3 is 0 Å². The second-order valence-electron chi connectivity index (χ2n) is 5.73. The van der Waals surface area contributed by atoms with Crippen LogP contribution in [-0.4, -0.2) is 33.7 Å². The number of hydrogen-bond donors (Lipinski definition) is 1. The number of ether oxygens (including phenoxy) is 1. The van der Waals surface area contributed by atoms with Crippen molar-refractivity contribution in [3.8, 4) is 0 Å². The summed E-state index contributed by atoms with van der Waals surface area (Å²) in [4.78, 5) is 21.1. The maximum absolute atomic E-state index is 12.6. The molecule has 0 aromatic carbocycles. The molecule has 2 aromatic heterocycles. The number of nitrogens with one attached hydrogen (secondary N) is 1. The van der Waals surface area contributed by atoms with Crippen LogP contribution in [0.4, 0.5) is 0 Å². The van der Waals surface area contributed by atoms with Gasteiger partial charge in [0.1, 0.15) is 11.6 Å². The van der Waals surface area contributed by atoms with Gasteiger partial charge in [-0.15, -0.1) is 0 Å². The van der Waals surface area contributed by atoms with Gasteiger partial charge in [0, 0.05) is 32.2 Å². The summed E-state index contributed by atoms with van der Waals surface area (Å²) in [5.74, 6) is 1.48. The quantitative estimate of drug-likeness (QED) is 0.913. The minimum Gasteiger partial charge on any atom is -0.448 e. The van der Waals surface area contributed by atoms with Gasteiger partial charge in [-0.3, -0.25) is 4.79 Å². The number of aryl methyl sites for hydroxylation is 2. The van der Waals surface area contributed by atoms with E-state index in [9.17, 15) is 4.79 Å². The normalized spacial score (nSPS) is 17.1. The van der Waals surface area contributed by atoms with Crippen LogP contribution >= 0.6 is 0 Å². The van der Waals surface area contributed by atoms with E-state index in [0.717, 1.165) is 25.2 Å². The SMILES string of the molecule is CCn1ccnc1[C@@H](NC(=O)c1ncoc1C)C1CCOCC1. The number of rotatable bonds is 5. The van der Waals surface area contributed by atoms with Gasteiger partial charge < -0.3 is 19.0 Å². The van der Waals surface area contributed by atoms with Gasteiger partial charge in [0.2, 0.25) is 0 Å². The number of carbonyl (C=O) groups excluding carboxylic acids is 1. The minimum absolute atomic E-state index is 0.155. The molecule has 0 saturated carbocycles. The molecule has 1 amide bonds. The molecule has 1 fully saturated rings. The Bertz CT molecular complexity index is 658. The number of amides is 1. The largest absolute Gasteiger partial charge is 0.448 e. The molecule has 0 radical (unpaired) electrons. The Balaban J connectivity index is 1.86. The highest BCUT2D eigenvalue weighted by Gasteiger charge is 2.31. The van der Waals surface area contributed by atoms with Crippen LogP contribution in [0.25, 0.3) is 0 Å². The molecule has 1 N–H and O–H groups in total. The van der Waals surface area contributed by atoms with Crippen molar-refractivity contribution in [2.24, 2.45) is 5.92 Å². The molecular formula is C16H22N4O3. The Morgan fingerprint density at radius 1 is 1.43 bits per heavy atom. The fourth-order valence-electron chi connectivity index (χ4n) is 3.04. The van der Waals surface area contributed by atoms with E-state index >= 15 is 0 Å². The highest BCUT2D eigenvalue weighted by atomic mass is 16.5. The lowest BCUT2D eigenvalue weighted by Gasteiger charge is -2.30. The third-order valence-corrected chi connectivity index (χ3v) is 4.35. The molecule has 7 nitrogen and oxygen atoms in total. The Morgan fingerprint density at radius 2 is 2.22 bits per heavy atom. The first kappa shape index (κ1) is 15.7. The highest BCUT2D eigenvalue weighted by molar-refractivity contribution is 5.93. The standard InChI is InChI=1S/C16H22N4O3/c1-3-20-7-6-17-15(20)14(12-4-8-22-9-5-12)19-16(21)13-11(2)23-10-18-13/h6-7,10,12,14H,3-5,8-9H2,1-2H3,(H,19,21)/t14-/m0/s1. The average molecular weight is 318 g/mol. The molecule has 124 valence electrons. The lowest BCUT2D eigenvalue weighted by Crippen LogP contribution is -2.38. The number of hydrogen-bond acceptors (Lipinski definition) is 5. The molecule has 2 aromatic rings. The van der Waals surface area contributed by atoms with E-state index in [4.69, 9.17) is 9.15 Å². The molecular weight excluding hydrogens is 296 g/mol. The number of aromatic nitrogens is 3. The van der Waals surface area contributed by atoms with Crippen LogP contribution in [0.1, 0.15) is 47.9 Å². The van der Waals surface area contributed by atoms with E-state index in [2.05, 4.69) is 26.8 Å². The zero-order chi connectivity index (χ0) is 16.2. The van der Waals surface area contributed by atoms with Crippen molar-refractivity contribution in [1.82, 2.24) is 19.9 Å². The Morgan fingerprint density at radius 3 is 2.87 bits per heavy atom. The summed E-state index contributed by atoms with van der Waals surface area (Å²) in [5.41, 5.74) is 0.330. The molecule has 3 heterocycles. The molecule has 7 heteroatoms. The van der Waals surface area contributed by atoms with Gasteiger partial charge in [-0.25, -0.2) is 9.97 Å². The van der Waals surface area contributed by atoms with Crippen molar-refractivity contribution in [1.29, 1.82) is 0 Å². The molecule has 0 spiro atoms. The molecule has 1 atom stereocenters. The third-order valence-electron chi connectivity index (χ3n) is 4.35. The molecule has 1 saturated heterocycles. The van der Waals surface area contributed by atoms with Crippen molar-refractivity contribution in [3.63, 3.8) is 0 Å². The lowest BCUT2D eigenvalue weighted by atomic mass is 9.91. The Labute approximate surface area is 135 Å². The van der Waals surface area contributed by atoms with Gasteiger partial charge in [0.05, 0.1) is 6.04 Å². The molecule has 3 rings (SSSR count). The van der Waals surface area contributed by atoms with E-state index in [1.165, 1.54) is 6.39 Å². The molecule has 23 heavy (non-hydrogen) atoms. The van der Waals surface area contributed by atoms with E-state index in [-0.39, 0.29) is 11.9 Å². The Hall–Kier alpha value is -2.15. The smallest absolute Gasteiger partial charge is 0.274 e. The third kappa shape index (κ3) is 3.29. The van der Waals surface area contributed by atoms with Crippen LogP contribution in [0, 0.1) is 12.8 Å². The molecule has 0 unspecified atom stereocenters. The van der Waals surface area contributed by atoms with Gasteiger partial charge in [0.15, 0.2) is 12.1 Å². The maximum atomic E-state index is 12.6. The van der Waals surface area contributed by atoms with E-state index < -0.39 is 0 Å². The summed E-state index contributed by atoms with van der Waals surface area (Å²) in [6.45, 7) is 6.04. The van der Waals surface area contributed by atoms with Crippen molar-refractivity contribution in [3.05, 3.63) is 36.1 Å². The molecule has 1 aliphatic heterocycles. The van der Waals surface area contributed by atoms with Crippen LogP contribution in [-0.2, 0) is 11.3 Å². The molecule has 0 bridgehead atoms. The van der Waals surface area contributed by atoms with Crippen LogP contribution < -0.4 is 5.32 Å². The predicted octanol–water partition coefficient (Wildman–Crippen LogP) is 2.10. The van der Waals surface area contributed by atoms with Crippen LogP contribution in [0.5, 0.6) is 0 Å². The van der Waals surface area contributed by atoms with E-state index in [0.29, 0.717) is 30.6 Å². The predicted molar refractivity (Wildman–Crippen MR) is 82.9 cm³/mol. The summed E-state index contributed by atoms with van der Waals surface area (Å²) in [7, 11) is 0. The first-order valence-corrected chi connectivity index (χ1v) is 8.00. The molecule has 0 aliphatic carbocycles. The van der Waals surface area contributed by atoms with Crippen molar-refractivity contribution < 1.29 is 13.9 Å². The molecule has 1 aliphatic rings. The number of imidazole rings is 1. The maximum Gasteiger partial charge on any atom is 0.274 e. The topological polar surface area (TPSA) is 82.2 Å². The second kappa shape index (κ2) is 6.95. The zero-order valence-electron chi connectivity index (χ0n) is 13.5. The van der Waals surface area contributed by atoms with E-state index in [1.54, 1.807) is 13.1 Å². The van der Waals surface area contributed by atoms with Crippen LogP contribution in [0.15, 0.2) is 23.2 Å². The van der Waals surface area contributed by atoms with Gasteiger partial charge in [0.25, 0.3) is 5.91 Å². The van der Waals surface area contributed by atoms with Gasteiger partial charge in [-0.2, -0.15) is 0 Å². The van der Waals surface area contributed by atoms with Crippen LogP contribution in [0.3, 0.4) is 0 Å². The van der Waals surface area contributed by atoms with Crippen LogP contribution in [0.2, 0.25) is 0 Å². The second-order valence-corrected chi connectivity index (χ2v) is 5.73. The van der Waals surface area contributed by atoms with Crippen molar-refractivity contribution >= 4 is 5.91 Å². The fraction of sp³-hybridized carbons (Fsp3) is 0.562. The Kier molecular flexibility index (Phi) is 4.76.